The molecule has 0 saturated carbocycles. The zero-order chi connectivity index (χ0) is 9.56. The van der Waals surface area contributed by atoms with Gasteiger partial charge in [0, 0.05) is 6.54 Å². The summed E-state index contributed by atoms with van der Waals surface area (Å²) in [4.78, 5) is 0. The maximum atomic E-state index is 10.1. The topological polar surface area (TPSA) is 78.8 Å². The Labute approximate surface area is 74.5 Å². The Balaban J connectivity index is 3.33. The highest BCUT2D eigenvalue weighted by molar-refractivity contribution is 7.77. The third kappa shape index (κ3) is 8.09. The molecule has 0 aliphatic rings. The Morgan fingerprint density at radius 1 is 1.58 bits per heavy atom. The Morgan fingerprint density at radius 3 is 2.58 bits per heavy atom. The van der Waals surface area contributed by atoms with Gasteiger partial charge in [-0.1, -0.05) is 0 Å². The standard InChI is InChI=1S/C6H15NO4S/c1-5(2)11-4-6(8)3-7-12(9)10/h5-8H,3-4H2,1-2H3,(H,9,10). The molecular formula is C6H15NO4S. The van der Waals surface area contributed by atoms with E-state index in [4.69, 9.17) is 14.4 Å². The molecule has 6 heteroatoms. The molecule has 0 aromatic rings. The molecule has 0 aromatic carbocycles. The summed E-state index contributed by atoms with van der Waals surface area (Å²) in [6, 6.07) is 0. The molecule has 2 unspecified atom stereocenters. The first-order valence-corrected chi connectivity index (χ1v) is 4.77. The first-order chi connectivity index (χ1) is 5.52. The van der Waals surface area contributed by atoms with Crippen molar-refractivity contribution in [3.63, 3.8) is 0 Å². The maximum absolute atomic E-state index is 10.1. The van der Waals surface area contributed by atoms with E-state index in [1.807, 2.05) is 13.8 Å². The highest BCUT2D eigenvalue weighted by Crippen LogP contribution is 1.90. The lowest BCUT2D eigenvalue weighted by atomic mass is 10.4. The highest BCUT2D eigenvalue weighted by Gasteiger charge is 2.05. The van der Waals surface area contributed by atoms with Gasteiger partial charge < -0.3 is 9.84 Å². The van der Waals surface area contributed by atoms with Crippen LogP contribution >= 0.6 is 0 Å². The summed E-state index contributed by atoms with van der Waals surface area (Å²) >= 11 is -2.07. The van der Waals surface area contributed by atoms with Crippen molar-refractivity contribution in [2.75, 3.05) is 13.2 Å². The molecule has 2 atom stereocenters. The van der Waals surface area contributed by atoms with E-state index >= 15 is 0 Å². The van der Waals surface area contributed by atoms with E-state index in [0.29, 0.717) is 0 Å². The van der Waals surface area contributed by atoms with Gasteiger partial charge in [0.1, 0.15) is 0 Å². The van der Waals surface area contributed by atoms with Crippen LogP contribution in [0.3, 0.4) is 0 Å². The number of aliphatic hydroxyl groups is 1. The number of rotatable bonds is 6. The molecule has 0 radical (unpaired) electrons. The van der Waals surface area contributed by atoms with E-state index in [9.17, 15) is 4.21 Å². The molecule has 5 nitrogen and oxygen atoms in total. The van der Waals surface area contributed by atoms with Crippen molar-refractivity contribution in [3.8, 4) is 0 Å². The molecule has 0 bridgehead atoms. The predicted octanol–water partition coefficient (Wildman–Crippen LogP) is -0.501. The Kier molecular flexibility index (Phi) is 6.49. The van der Waals surface area contributed by atoms with Gasteiger partial charge in [-0.25, -0.2) is 8.93 Å². The molecule has 0 saturated heterocycles. The summed E-state index contributed by atoms with van der Waals surface area (Å²) in [5, 5.41) is 9.11. The molecule has 0 fully saturated rings. The third-order valence-corrected chi connectivity index (χ3v) is 1.48. The average molecular weight is 197 g/mol. The lowest BCUT2D eigenvalue weighted by Crippen LogP contribution is -2.32. The predicted molar refractivity (Wildman–Crippen MR) is 45.9 cm³/mol. The van der Waals surface area contributed by atoms with Crippen molar-refractivity contribution in [2.45, 2.75) is 26.1 Å². The van der Waals surface area contributed by atoms with Gasteiger partial charge in [0.05, 0.1) is 18.8 Å². The molecule has 0 amide bonds. The lowest BCUT2D eigenvalue weighted by Gasteiger charge is -2.12. The van der Waals surface area contributed by atoms with Crippen molar-refractivity contribution in [3.05, 3.63) is 0 Å². The molecule has 0 aliphatic carbocycles. The summed E-state index contributed by atoms with van der Waals surface area (Å²) in [5.41, 5.74) is 0. The lowest BCUT2D eigenvalue weighted by molar-refractivity contribution is 0.00829. The molecule has 0 spiro atoms. The van der Waals surface area contributed by atoms with Crippen LogP contribution in [0.2, 0.25) is 0 Å². The highest BCUT2D eigenvalue weighted by atomic mass is 32.2. The summed E-state index contributed by atoms with van der Waals surface area (Å²) in [7, 11) is 0. The molecular weight excluding hydrogens is 182 g/mol. The molecule has 74 valence electrons. The van der Waals surface area contributed by atoms with Crippen LogP contribution < -0.4 is 4.72 Å². The van der Waals surface area contributed by atoms with Crippen LogP contribution in [0.4, 0.5) is 0 Å². The minimum atomic E-state index is -2.07. The van der Waals surface area contributed by atoms with E-state index in [2.05, 4.69) is 4.72 Å². The zero-order valence-corrected chi connectivity index (χ0v) is 8.00. The number of ether oxygens (including phenoxy) is 1. The molecule has 0 rings (SSSR count). The number of hydrogen-bond donors (Lipinski definition) is 3. The monoisotopic (exact) mass is 197 g/mol. The maximum Gasteiger partial charge on any atom is 0.231 e. The molecule has 12 heavy (non-hydrogen) atoms. The SMILES string of the molecule is CC(C)OCC(O)CNS(=O)O. The van der Waals surface area contributed by atoms with Crippen LogP contribution in [-0.2, 0) is 16.0 Å². The second-order valence-corrected chi connectivity index (χ2v) is 3.42. The summed E-state index contributed by atoms with van der Waals surface area (Å²) in [6.45, 7) is 3.92. The normalized spacial score (nSPS) is 16.4. The Morgan fingerprint density at radius 2 is 2.17 bits per heavy atom. The summed E-state index contributed by atoms with van der Waals surface area (Å²) < 4.78 is 25.6. The Bertz CT molecular complexity index is 142. The quantitative estimate of drug-likeness (QED) is 0.501. The van der Waals surface area contributed by atoms with Crippen LogP contribution in [0.1, 0.15) is 13.8 Å². The minimum Gasteiger partial charge on any atom is -0.389 e. The van der Waals surface area contributed by atoms with E-state index in [1.54, 1.807) is 0 Å². The average Bonchev–Trinajstić information content (AvgIpc) is 1.96. The van der Waals surface area contributed by atoms with Gasteiger partial charge >= 0.3 is 0 Å². The van der Waals surface area contributed by atoms with Crippen LogP contribution in [0.25, 0.3) is 0 Å². The molecule has 0 aromatic heterocycles. The van der Waals surface area contributed by atoms with Gasteiger partial charge in [-0.15, -0.1) is 0 Å². The van der Waals surface area contributed by atoms with E-state index < -0.39 is 17.4 Å². The van der Waals surface area contributed by atoms with Crippen LogP contribution in [0.5, 0.6) is 0 Å². The number of nitrogens with one attached hydrogen (secondary N) is 1. The first-order valence-electron chi connectivity index (χ1n) is 3.66. The second-order valence-electron chi connectivity index (χ2n) is 2.63. The van der Waals surface area contributed by atoms with Crippen LogP contribution in [-0.4, -0.2) is 39.2 Å². The van der Waals surface area contributed by atoms with E-state index in [0.717, 1.165) is 0 Å². The third-order valence-electron chi connectivity index (χ3n) is 1.06. The summed E-state index contributed by atoms with van der Waals surface area (Å²) in [6.07, 6.45) is -0.692. The van der Waals surface area contributed by atoms with Crippen molar-refractivity contribution < 1.29 is 18.6 Å². The fourth-order valence-corrected chi connectivity index (χ4v) is 0.865. The number of hydrogen-bond acceptors (Lipinski definition) is 3. The van der Waals surface area contributed by atoms with Gasteiger partial charge in [-0.2, -0.15) is 0 Å². The second kappa shape index (κ2) is 6.50. The van der Waals surface area contributed by atoms with Gasteiger partial charge in [0.2, 0.25) is 11.3 Å². The fraction of sp³-hybridized carbons (Fsp3) is 1.00. The smallest absolute Gasteiger partial charge is 0.231 e. The van der Waals surface area contributed by atoms with Gasteiger partial charge in [-0.05, 0) is 13.8 Å². The van der Waals surface area contributed by atoms with Gasteiger partial charge in [0.15, 0.2) is 0 Å². The van der Waals surface area contributed by atoms with Crippen LogP contribution in [0, 0.1) is 0 Å². The minimum absolute atomic E-state index is 0.0514. The molecule has 0 heterocycles. The van der Waals surface area contributed by atoms with Crippen LogP contribution in [0.15, 0.2) is 0 Å². The van der Waals surface area contributed by atoms with E-state index in [1.165, 1.54) is 0 Å². The number of aliphatic hydroxyl groups excluding tert-OH is 1. The molecule has 0 aliphatic heterocycles. The summed E-state index contributed by atoms with van der Waals surface area (Å²) in [5.74, 6) is 0. The Hall–Kier alpha value is -0.0100. The van der Waals surface area contributed by atoms with Crippen molar-refractivity contribution >= 4 is 11.3 Å². The van der Waals surface area contributed by atoms with Crippen molar-refractivity contribution in [1.29, 1.82) is 0 Å². The van der Waals surface area contributed by atoms with Crippen molar-refractivity contribution in [2.24, 2.45) is 0 Å². The first kappa shape index (κ1) is 12.0. The fourth-order valence-electron chi connectivity index (χ4n) is 0.530. The van der Waals surface area contributed by atoms with Gasteiger partial charge in [-0.3, -0.25) is 4.55 Å². The zero-order valence-electron chi connectivity index (χ0n) is 7.19. The van der Waals surface area contributed by atoms with Gasteiger partial charge in [0.25, 0.3) is 0 Å². The van der Waals surface area contributed by atoms with Crippen molar-refractivity contribution in [1.82, 2.24) is 4.72 Å². The molecule has 3 N–H and O–H groups in total. The largest absolute Gasteiger partial charge is 0.389 e. The van der Waals surface area contributed by atoms with E-state index in [-0.39, 0.29) is 19.3 Å².